The molecule has 2 aromatic heterocycles. The number of benzene rings is 1. The van der Waals surface area contributed by atoms with Crippen molar-refractivity contribution in [2.45, 2.75) is 26.8 Å². The monoisotopic (exact) mass is 382 g/mol. The van der Waals surface area contributed by atoms with E-state index in [-0.39, 0.29) is 31.3 Å². The third kappa shape index (κ3) is 4.33. The molecule has 0 radical (unpaired) electrons. The Kier molecular flexibility index (Phi) is 5.52. The molecule has 3 rings (SSSR count). The Morgan fingerprint density at radius 3 is 2.70 bits per heavy atom. The Labute approximate surface area is 160 Å². The molecule has 0 aliphatic rings. The second-order valence-electron chi connectivity index (χ2n) is 6.11. The number of nitrogens with zero attached hydrogens (tertiary/aromatic N) is 4. The summed E-state index contributed by atoms with van der Waals surface area (Å²) in [5, 5.41) is 14.9. The molecular formula is C19H18N4O3S. The normalized spacial score (nSPS) is 10.6. The van der Waals surface area contributed by atoms with Gasteiger partial charge in [-0.2, -0.15) is 9.94 Å². The number of rotatable bonds is 6. The average molecular weight is 382 g/mol. The second-order valence-corrected chi connectivity index (χ2v) is 7.06. The van der Waals surface area contributed by atoms with Crippen LogP contribution in [0.5, 0.6) is 0 Å². The number of carbonyl (C=O) groups excluding carboxylic acids is 1. The molecule has 0 unspecified atom stereocenters. The van der Waals surface area contributed by atoms with Crippen molar-refractivity contribution >= 4 is 22.9 Å². The summed E-state index contributed by atoms with van der Waals surface area (Å²) in [6, 6.07) is 11.4. The first kappa shape index (κ1) is 18.6. The van der Waals surface area contributed by atoms with Crippen molar-refractivity contribution in [3.05, 3.63) is 57.4 Å². The maximum atomic E-state index is 12.9. The maximum absolute atomic E-state index is 12.9. The van der Waals surface area contributed by atoms with Crippen molar-refractivity contribution in [1.82, 2.24) is 9.78 Å². The van der Waals surface area contributed by atoms with Crippen LogP contribution in [0.1, 0.15) is 17.5 Å². The van der Waals surface area contributed by atoms with Gasteiger partial charge in [0.15, 0.2) is 0 Å². The van der Waals surface area contributed by atoms with Crippen LogP contribution in [-0.2, 0) is 11.3 Å². The number of aryl methyl sites for hydroxylation is 2. The molecule has 0 aliphatic heterocycles. The Bertz CT molecular complexity index is 1020. The largest absolute Gasteiger partial charge is 0.437 e. The highest BCUT2D eigenvalue weighted by Crippen LogP contribution is 2.22. The number of thiophene rings is 1. The predicted octanol–water partition coefficient (Wildman–Crippen LogP) is 3.13. The van der Waals surface area contributed by atoms with Gasteiger partial charge >= 0.3 is 5.76 Å². The van der Waals surface area contributed by atoms with Crippen LogP contribution in [0.2, 0.25) is 0 Å². The van der Waals surface area contributed by atoms with Crippen LogP contribution in [-0.4, -0.2) is 22.2 Å². The zero-order valence-corrected chi connectivity index (χ0v) is 15.8. The highest BCUT2D eigenvalue weighted by molar-refractivity contribution is 7.13. The number of carbonyl (C=O) groups is 1. The summed E-state index contributed by atoms with van der Waals surface area (Å²) in [7, 11) is 0. The minimum absolute atomic E-state index is 0.187. The standard InChI is InChI=1S/C19H18N4O3S/c1-13-9-14(2)11-15(10-13)22(7-4-6-20)17(24)12-23-19(25)26-18(21-23)16-5-3-8-27-16/h3,5,8-11H,4,7,12H2,1-2H3. The minimum Gasteiger partial charge on any atom is -0.387 e. The molecule has 138 valence electrons. The van der Waals surface area contributed by atoms with E-state index in [1.54, 1.807) is 6.07 Å². The van der Waals surface area contributed by atoms with Crippen LogP contribution in [0.4, 0.5) is 5.69 Å². The molecule has 0 spiro atoms. The van der Waals surface area contributed by atoms with Crippen LogP contribution in [0.25, 0.3) is 10.8 Å². The fourth-order valence-corrected chi connectivity index (χ4v) is 3.43. The lowest BCUT2D eigenvalue weighted by molar-refractivity contribution is -0.119. The van der Waals surface area contributed by atoms with Crippen LogP contribution in [0.3, 0.4) is 0 Å². The van der Waals surface area contributed by atoms with E-state index >= 15 is 0 Å². The highest BCUT2D eigenvalue weighted by atomic mass is 32.1. The van der Waals surface area contributed by atoms with E-state index in [2.05, 4.69) is 11.2 Å². The Balaban J connectivity index is 1.87. The Hall–Kier alpha value is -3.18. The van der Waals surface area contributed by atoms with Crippen molar-refractivity contribution in [2.24, 2.45) is 0 Å². The first-order valence-electron chi connectivity index (χ1n) is 8.35. The molecule has 3 aromatic rings. The fourth-order valence-electron chi connectivity index (χ4n) is 2.79. The molecule has 1 amide bonds. The van der Waals surface area contributed by atoms with E-state index in [1.165, 1.54) is 16.2 Å². The average Bonchev–Trinajstić information content (AvgIpc) is 3.25. The second kappa shape index (κ2) is 8.01. The van der Waals surface area contributed by atoms with Gasteiger partial charge in [-0.05, 0) is 48.6 Å². The van der Waals surface area contributed by atoms with Gasteiger partial charge in [-0.15, -0.1) is 16.4 Å². The number of amides is 1. The van der Waals surface area contributed by atoms with Gasteiger partial charge in [-0.3, -0.25) is 4.79 Å². The van der Waals surface area contributed by atoms with Gasteiger partial charge in [0, 0.05) is 12.2 Å². The summed E-state index contributed by atoms with van der Waals surface area (Å²) in [5.41, 5.74) is 2.72. The fraction of sp³-hybridized carbons (Fsp3) is 0.263. The summed E-state index contributed by atoms with van der Waals surface area (Å²) in [6.07, 6.45) is 0.187. The van der Waals surface area contributed by atoms with E-state index in [1.807, 2.05) is 43.5 Å². The molecule has 0 N–H and O–H groups in total. The molecule has 0 saturated heterocycles. The van der Waals surface area contributed by atoms with E-state index in [0.29, 0.717) is 10.6 Å². The predicted molar refractivity (Wildman–Crippen MR) is 103 cm³/mol. The van der Waals surface area contributed by atoms with Crippen molar-refractivity contribution in [1.29, 1.82) is 5.26 Å². The number of hydrogen-bond donors (Lipinski definition) is 0. The van der Waals surface area contributed by atoms with Crippen LogP contribution >= 0.6 is 11.3 Å². The third-order valence-electron chi connectivity index (χ3n) is 3.89. The maximum Gasteiger partial charge on any atom is 0.437 e. The van der Waals surface area contributed by atoms with Gasteiger partial charge in [-0.25, -0.2) is 4.79 Å². The van der Waals surface area contributed by atoms with Gasteiger partial charge in [0.05, 0.1) is 17.4 Å². The van der Waals surface area contributed by atoms with Crippen molar-refractivity contribution in [3.8, 4) is 16.8 Å². The molecule has 2 heterocycles. The van der Waals surface area contributed by atoms with Crippen LogP contribution in [0, 0.1) is 25.2 Å². The molecular weight excluding hydrogens is 364 g/mol. The molecule has 27 heavy (non-hydrogen) atoms. The lowest BCUT2D eigenvalue weighted by Crippen LogP contribution is -2.37. The number of anilines is 1. The molecule has 8 heteroatoms. The quantitative estimate of drug-likeness (QED) is 0.653. The summed E-state index contributed by atoms with van der Waals surface area (Å²) in [4.78, 5) is 27.2. The lowest BCUT2D eigenvalue weighted by atomic mass is 10.1. The van der Waals surface area contributed by atoms with Gasteiger partial charge in [0.1, 0.15) is 6.54 Å². The van der Waals surface area contributed by atoms with Gasteiger partial charge < -0.3 is 9.32 Å². The molecule has 0 aliphatic carbocycles. The molecule has 0 fully saturated rings. The van der Waals surface area contributed by atoms with Crippen LogP contribution < -0.4 is 10.7 Å². The van der Waals surface area contributed by atoms with Crippen molar-refractivity contribution in [3.63, 3.8) is 0 Å². The first-order chi connectivity index (χ1) is 13.0. The molecule has 0 bridgehead atoms. The smallest absolute Gasteiger partial charge is 0.387 e. The zero-order chi connectivity index (χ0) is 19.4. The molecule has 0 saturated carbocycles. The van der Waals surface area contributed by atoms with Crippen molar-refractivity contribution in [2.75, 3.05) is 11.4 Å². The summed E-state index contributed by atoms with van der Waals surface area (Å²) in [6.45, 7) is 3.87. The van der Waals surface area contributed by atoms with E-state index in [9.17, 15) is 9.59 Å². The Morgan fingerprint density at radius 1 is 1.33 bits per heavy atom. The number of hydrogen-bond acceptors (Lipinski definition) is 6. The van der Waals surface area contributed by atoms with E-state index in [0.717, 1.165) is 15.8 Å². The van der Waals surface area contributed by atoms with E-state index in [4.69, 9.17) is 9.68 Å². The minimum atomic E-state index is -0.688. The molecule has 7 nitrogen and oxygen atoms in total. The Morgan fingerprint density at radius 2 is 2.07 bits per heavy atom. The lowest BCUT2D eigenvalue weighted by Gasteiger charge is -2.22. The third-order valence-corrected chi connectivity index (χ3v) is 4.75. The van der Waals surface area contributed by atoms with Gasteiger partial charge in [0.25, 0.3) is 5.89 Å². The highest BCUT2D eigenvalue weighted by Gasteiger charge is 2.20. The zero-order valence-electron chi connectivity index (χ0n) is 15.0. The summed E-state index contributed by atoms with van der Waals surface area (Å²) < 4.78 is 6.16. The van der Waals surface area contributed by atoms with Crippen molar-refractivity contribution < 1.29 is 9.21 Å². The van der Waals surface area contributed by atoms with Gasteiger partial charge in [0.2, 0.25) is 5.91 Å². The SMILES string of the molecule is Cc1cc(C)cc(N(CCC#N)C(=O)Cn2nc(-c3cccs3)oc2=O)c1. The van der Waals surface area contributed by atoms with Gasteiger partial charge in [-0.1, -0.05) is 12.1 Å². The number of aromatic nitrogens is 2. The van der Waals surface area contributed by atoms with Crippen LogP contribution in [0.15, 0.2) is 44.9 Å². The molecule has 0 atom stereocenters. The summed E-state index contributed by atoms with van der Waals surface area (Å²) >= 11 is 1.39. The molecule has 1 aromatic carbocycles. The first-order valence-corrected chi connectivity index (χ1v) is 9.23. The summed E-state index contributed by atoms with van der Waals surface area (Å²) in [5.74, 6) is -0.825. The van der Waals surface area contributed by atoms with E-state index < -0.39 is 5.76 Å². The topological polar surface area (TPSA) is 92.1 Å². The number of nitriles is 1.